The standard InChI is InChI=1S/C20H18N4O/c1-13-10-14(2)24(23-13)18-5-3-4-16(12-18)20(25)22-17-6-7-19-15(11-17)8-9-21-19/h3-12,21H,1-2H3,(H,22,25). The summed E-state index contributed by atoms with van der Waals surface area (Å²) in [4.78, 5) is 15.8. The molecule has 0 atom stereocenters. The maximum atomic E-state index is 12.6. The van der Waals surface area contributed by atoms with Crippen molar-refractivity contribution >= 4 is 22.5 Å². The first-order valence-electron chi connectivity index (χ1n) is 8.12. The fourth-order valence-electron chi connectivity index (χ4n) is 3.00. The molecule has 5 heteroatoms. The van der Waals surface area contributed by atoms with Crippen LogP contribution in [0.5, 0.6) is 0 Å². The Morgan fingerprint density at radius 2 is 1.96 bits per heavy atom. The van der Waals surface area contributed by atoms with Crippen LogP contribution < -0.4 is 5.32 Å². The largest absolute Gasteiger partial charge is 0.361 e. The van der Waals surface area contributed by atoms with E-state index in [1.165, 1.54) is 0 Å². The van der Waals surface area contributed by atoms with Gasteiger partial charge in [0.05, 0.1) is 11.4 Å². The molecule has 0 radical (unpaired) electrons. The third-order valence-electron chi connectivity index (χ3n) is 4.17. The Morgan fingerprint density at radius 3 is 2.76 bits per heavy atom. The summed E-state index contributed by atoms with van der Waals surface area (Å²) in [5.41, 5.74) is 5.27. The van der Waals surface area contributed by atoms with Gasteiger partial charge in [0.15, 0.2) is 0 Å². The van der Waals surface area contributed by atoms with Crippen LogP contribution in [0.25, 0.3) is 16.6 Å². The van der Waals surface area contributed by atoms with Crippen molar-refractivity contribution in [2.24, 2.45) is 0 Å². The van der Waals surface area contributed by atoms with Gasteiger partial charge in [-0.1, -0.05) is 6.07 Å². The molecule has 4 aromatic rings. The lowest BCUT2D eigenvalue weighted by molar-refractivity contribution is 0.102. The van der Waals surface area contributed by atoms with E-state index >= 15 is 0 Å². The second-order valence-corrected chi connectivity index (χ2v) is 6.12. The smallest absolute Gasteiger partial charge is 0.255 e. The van der Waals surface area contributed by atoms with Crippen LogP contribution in [0.3, 0.4) is 0 Å². The summed E-state index contributed by atoms with van der Waals surface area (Å²) in [6, 6.07) is 17.3. The average molecular weight is 330 g/mol. The van der Waals surface area contributed by atoms with Gasteiger partial charge in [0.25, 0.3) is 5.91 Å². The van der Waals surface area contributed by atoms with E-state index in [1.807, 2.05) is 73.3 Å². The number of H-pyrrole nitrogens is 1. The number of hydrogen-bond acceptors (Lipinski definition) is 2. The summed E-state index contributed by atoms with van der Waals surface area (Å²) >= 11 is 0. The predicted molar refractivity (Wildman–Crippen MR) is 99.3 cm³/mol. The predicted octanol–water partition coefficient (Wildman–Crippen LogP) is 4.22. The Balaban J connectivity index is 1.61. The normalized spacial score (nSPS) is 11.0. The Kier molecular flexibility index (Phi) is 3.61. The van der Waals surface area contributed by atoms with Gasteiger partial charge in [0.1, 0.15) is 0 Å². The third kappa shape index (κ3) is 2.92. The molecule has 0 spiro atoms. The Bertz CT molecular complexity index is 1070. The van der Waals surface area contributed by atoms with Crippen molar-refractivity contribution in [3.05, 3.63) is 77.7 Å². The second-order valence-electron chi connectivity index (χ2n) is 6.12. The topological polar surface area (TPSA) is 62.7 Å². The van der Waals surface area contributed by atoms with E-state index in [9.17, 15) is 4.79 Å². The van der Waals surface area contributed by atoms with Gasteiger partial charge in [-0.15, -0.1) is 0 Å². The van der Waals surface area contributed by atoms with Crippen LogP contribution in [0, 0.1) is 13.8 Å². The van der Waals surface area contributed by atoms with E-state index in [0.29, 0.717) is 5.56 Å². The fourth-order valence-corrected chi connectivity index (χ4v) is 3.00. The molecule has 0 saturated carbocycles. The highest BCUT2D eigenvalue weighted by molar-refractivity contribution is 6.05. The van der Waals surface area contributed by atoms with Crippen LogP contribution >= 0.6 is 0 Å². The zero-order chi connectivity index (χ0) is 17.4. The summed E-state index contributed by atoms with van der Waals surface area (Å²) in [5, 5.41) is 8.49. The number of aromatic nitrogens is 3. The number of carbonyl (C=O) groups is 1. The van der Waals surface area contributed by atoms with E-state index in [4.69, 9.17) is 0 Å². The molecule has 2 aromatic carbocycles. The molecule has 2 N–H and O–H groups in total. The molecule has 0 aliphatic carbocycles. The van der Waals surface area contributed by atoms with Gasteiger partial charge in [-0.05, 0) is 62.4 Å². The number of nitrogens with zero attached hydrogens (tertiary/aromatic N) is 2. The van der Waals surface area contributed by atoms with Crippen molar-refractivity contribution in [1.29, 1.82) is 0 Å². The molecule has 0 aliphatic heterocycles. The van der Waals surface area contributed by atoms with Crippen molar-refractivity contribution in [2.75, 3.05) is 5.32 Å². The van der Waals surface area contributed by atoms with Crippen LogP contribution in [0.15, 0.2) is 60.8 Å². The van der Waals surface area contributed by atoms with Crippen LogP contribution in [-0.4, -0.2) is 20.7 Å². The quantitative estimate of drug-likeness (QED) is 0.591. The highest BCUT2D eigenvalue weighted by atomic mass is 16.1. The monoisotopic (exact) mass is 330 g/mol. The van der Waals surface area contributed by atoms with Gasteiger partial charge < -0.3 is 10.3 Å². The molecule has 25 heavy (non-hydrogen) atoms. The summed E-state index contributed by atoms with van der Waals surface area (Å²) in [7, 11) is 0. The number of anilines is 1. The van der Waals surface area contributed by atoms with Crippen LogP contribution in [0.1, 0.15) is 21.7 Å². The average Bonchev–Trinajstić information content (AvgIpc) is 3.20. The van der Waals surface area contributed by atoms with Gasteiger partial charge >= 0.3 is 0 Å². The lowest BCUT2D eigenvalue weighted by atomic mass is 10.1. The molecule has 2 aromatic heterocycles. The minimum Gasteiger partial charge on any atom is -0.361 e. The number of fused-ring (bicyclic) bond motifs is 1. The number of hydrogen-bond donors (Lipinski definition) is 2. The fraction of sp³-hybridized carbons (Fsp3) is 0.100. The summed E-state index contributed by atoms with van der Waals surface area (Å²) in [6.45, 7) is 3.95. The molecular formula is C20H18N4O. The minimum absolute atomic E-state index is 0.140. The zero-order valence-electron chi connectivity index (χ0n) is 14.1. The van der Waals surface area contributed by atoms with Crippen molar-refractivity contribution < 1.29 is 4.79 Å². The molecule has 124 valence electrons. The Labute approximate surface area is 145 Å². The summed E-state index contributed by atoms with van der Waals surface area (Å²) < 4.78 is 1.85. The lowest BCUT2D eigenvalue weighted by Crippen LogP contribution is -2.12. The molecule has 0 saturated heterocycles. The first kappa shape index (κ1) is 15.2. The molecule has 0 fully saturated rings. The molecule has 0 bridgehead atoms. The number of rotatable bonds is 3. The van der Waals surface area contributed by atoms with Crippen molar-refractivity contribution in [2.45, 2.75) is 13.8 Å². The maximum absolute atomic E-state index is 12.6. The molecule has 2 heterocycles. The third-order valence-corrected chi connectivity index (χ3v) is 4.17. The lowest BCUT2D eigenvalue weighted by Gasteiger charge is -2.08. The van der Waals surface area contributed by atoms with E-state index in [-0.39, 0.29) is 5.91 Å². The van der Waals surface area contributed by atoms with Crippen molar-refractivity contribution in [3.63, 3.8) is 0 Å². The molecule has 0 unspecified atom stereocenters. The van der Waals surface area contributed by atoms with Gasteiger partial charge in [0, 0.05) is 34.0 Å². The van der Waals surface area contributed by atoms with Crippen LogP contribution in [0.4, 0.5) is 5.69 Å². The molecule has 5 nitrogen and oxygen atoms in total. The molecule has 4 rings (SSSR count). The molecule has 1 amide bonds. The van der Waals surface area contributed by atoms with Gasteiger partial charge in [-0.2, -0.15) is 5.10 Å². The molecule has 0 aliphatic rings. The first-order valence-corrected chi connectivity index (χ1v) is 8.12. The maximum Gasteiger partial charge on any atom is 0.255 e. The van der Waals surface area contributed by atoms with Gasteiger partial charge in [-0.25, -0.2) is 4.68 Å². The number of nitrogens with one attached hydrogen (secondary N) is 2. The number of amides is 1. The van der Waals surface area contributed by atoms with E-state index in [2.05, 4.69) is 15.4 Å². The van der Waals surface area contributed by atoms with Crippen LogP contribution in [0.2, 0.25) is 0 Å². The Morgan fingerprint density at radius 1 is 1.08 bits per heavy atom. The number of aromatic amines is 1. The number of benzene rings is 2. The van der Waals surface area contributed by atoms with E-state index < -0.39 is 0 Å². The van der Waals surface area contributed by atoms with Gasteiger partial charge in [0.2, 0.25) is 0 Å². The summed E-state index contributed by atoms with van der Waals surface area (Å²) in [6.07, 6.45) is 1.88. The second kappa shape index (κ2) is 5.94. The Hall–Kier alpha value is -3.34. The highest BCUT2D eigenvalue weighted by Crippen LogP contribution is 2.19. The number of carbonyl (C=O) groups excluding carboxylic acids is 1. The molecular weight excluding hydrogens is 312 g/mol. The number of aryl methyl sites for hydroxylation is 2. The van der Waals surface area contributed by atoms with E-state index in [1.54, 1.807) is 6.07 Å². The van der Waals surface area contributed by atoms with Gasteiger partial charge in [-0.3, -0.25) is 4.79 Å². The van der Waals surface area contributed by atoms with Crippen LogP contribution in [-0.2, 0) is 0 Å². The van der Waals surface area contributed by atoms with Crippen molar-refractivity contribution in [1.82, 2.24) is 14.8 Å². The summed E-state index contributed by atoms with van der Waals surface area (Å²) in [5.74, 6) is -0.140. The minimum atomic E-state index is -0.140. The SMILES string of the molecule is Cc1cc(C)n(-c2cccc(C(=O)Nc3ccc4[nH]ccc4c3)c2)n1. The van der Waals surface area contributed by atoms with E-state index in [0.717, 1.165) is 33.7 Å². The highest BCUT2D eigenvalue weighted by Gasteiger charge is 2.10. The zero-order valence-corrected chi connectivity index (χ0v) is 14.1. The first-order chi connectivity index (χ1) is 12.1. The van der Waals surface area contributed by atoms with Crippen molar-refractivity contribution in [3.8, 4) is 5.69 Å².